The first kappa shape index (κ1) is 23.7. The molecule has 0 radical (unpaired) electrons. The largest absolute Gasteiger partial charge is 0.381 e. The van der Waals surface area contributed by atoms with E-state index in [-0.39, 0.29) is 11.9 Å². The van der Waals surface area contributed by atoms with Crippen LogP contribution in [0, 0.1) is 6.92 Å². The lowest BCUT2D eigenvalue weighted by atomic mass is 10.1. The maximum atomic E-state index is 12.5. The van der Waals surface area contributed by atoms with Crippen molar-refractivity contribution in [3.05, 3.63) is 71.1 Å². The molecular weight excluding hydrogens is 490 g/mol. The molecule has 1 fully saturated rings. The van der Waals surface area contributed by atoms with Crippen molar-refractivity contribution in [3.63, 3.8) is 0 Å². The van der Waals surface area contributed by atoms with Crippen LogP contribution in [0.5, 0.6) is 0 Å². The molecule has 1 amide bonds. The molecule has 0 atom stereocenters. The van der Waals surface area contributed by atoms with Gasteiger partial charge in [0, 0.05) is 50.0 Å². The Hall–Kier alpha value is -3.69. The number of aryl methyl sites for hydroxylation is 2. The standard InChI is InChI=1S/C27H28ClN7O2/c1-18-30-31-26-6-5-23-25(35(18)26)16-24(34(23)17-19-3-2-4-20(28)15-19)22-7-11-33(32-22)12-8-27(36)29-21-9-13-37-14-10-21/h2-7,11,15-16,21H,8-10,12-14,17H2,1H3,(H,29,36). The third-order valence-corrected chi connectivity index (χ3v) is 7.12. The number of hydrogen-bond donors (Lipinski definition) is 1. The zero-order valence-electron chi connectivity index (χ0n) is 20.6. The number of benzene rings is 1. The number of nitrogens with zero attached hydrogens (tertiary/aromatic N) is 6. The number of carbonyl (C=O) groups is 1. The van der Waals surface area contributed by atoms with Gasteiger partial charge in [-0.3, -0.25) is 13.9 Å². The van der Waals surface area contributed by atoms with Gasteiger partial charge in [0.2, 0.25) is 5.91 Å². The minimum Gasteiger partial charge on any atom is -0.381 e. The molecule has 6 rings (SSSR count). The van der Waals surface area contributed by atoms with Gasteiger partial charge in [0.15, 0.2) is 5.65 Å². The molecule has 1 N–H and O–H groups in total. The maximum absolute atomic E-state index is 12.5. The summed E-state index contributed by atoms with van der Waals surface area (Å²) < 4.78 is 11.5. The predicted octanol–water partition coefficient (Wildman–Crippen LogP) is 4.24. The molecule has 9 nitrogen and oxygen atoms in total. The zero-order chi connectivity index (χ0) is 25.4. The van der Waals surface area contributed by atoms with Crippen molar-refractivity contribution in [1.29, 1.82) is 0 Å². The van der Waals surface area contributed by atoms with Crippen LogP contribution >= 0.6 is 11.6 Å². The lowest BCUT2D eigenvalue weighted by molar-refractivity contribution is -0.122. The first-order valence-electron chi connectivity index (χ1n) is 12.5. The van der Waals surface area contributed by atoms with Crippen molar-refractivity contribution in [3.8, 4) is 11.4 Å². The van der Waals surface area contributed by atoms with E-state index in [1.165, 1.54) is 0 Å². The molecular formula is C27H28ClN7O2. The summed E-state index contributed by atoms with van der Waals surface area (Å²) in [6, 6.07) is 16.3. The molecule has 0 unspecified atom stereocenters. The van der Waals surface area contributed by atoms with Gasteiger partial charge in [-0.1, -0.05) is 23.7 Å². The van der Waals surface area contributed by atoms with E-state index in [1.54, 1.807) is 0 Å². The van der Waals surface area contributed by atoms with Crippen molar-refractivity contribution in [1.82, 2.24) is 34.3 Å². The predicted molar refractivity (Wildman–Crippen MR) is 142 cm³/mol. The van der Waals surface area contributed by atoms with Crippen LogP contribution in [0.4, 0.5) is 0 Å². The maximum Gasteiger partial charge on any atom is 0.222 e. The van der Waals surface area contributed by atoms with E-state index in [4.69, 9.17) is 21.4 Å². The molecule has 37 heavy (non-hydrogen) atoms. The lowest BCUT2D eigenvalue weighted by Gasteiger charge is -2.23. The highest BCUT2D eigenvalue weighted by Gasteiger charge is 2.19. The average Bonchev–Trinajstić information content (AvgIpc) is 3.61. The summed E-state index contributed by atoms with van der Waals surface area (Å²) in [5.41, 5.74) is 5.77. The number of aromatic nitrogens is 6. The Labute approximate surface area is 219 Å². The Morgan fingerprint density at radius 2 is 1.97 bits per heavy atom. The molecule has 4 aromatic heterocycles. The van der Waals surface area contributed by atoms with Crippen molar-refractivity contribution in [2.75, 3.05) is 13.2 Å². The summed E-state index contributed by atoms with van der Waals surface area (Å²) in [6.07, 6.45) is 4.05. The van der Waals surface area contributed by atoms with E-state index >= 15 is 0 Å². The fourth-order valence-corrected chi connectivity index (χ4v) is 5.24. The van der Waals surface area contributed by atoms with E-state index < -0.39 is 0 Å². The third kappa shape index (κ3) is 4.84. The molecule has 5 aromatic rings. The monoisotopic (exact) mass is 517 g/mol. The molecule has 1 saturated heterocycles. The topological polar surface area (TPSA) is 91.3 Å². The number of rotatable bonds is 7. The van der Waals surface area contributed by atoms with Crippen LogP contribution < -0.4 is 5.32 Å². The second kappa shape index (κ2) is 9.99. The molecule has 10 heteroatoms. The molecule has 0 spiro atoms. The van der Waals surface area contributed by atoms with E-state index in [0.717, 1.165) is 52.3 Å². The van der Waals surface area contributed by atoms with Gasteiger partial charge in [0.25, 0.3) is 0 Å². The minimum absolute atomic E-state index is 0.0458. The van der Waals surface area contributed by atoms with Crippen LogP contribution in [-0.4, -0.2) is 54.1 Å². The number of ether oxygens (including phenoxy) is 1. The highest BCUT2D eigenvalue weighted by atomic mass is 35.5. The highest BCUT2D eigenvalue weighted by Crippen LogP contribution is 2.30. The van der Waals surface area contributed by atoms with Crippen LogP contribution in [-0.2, 0) is 22.6 Å². The van der Waals surface area contributed by atoms with Gasteiger partial charge in [-0.15, -0.1) is 10.2 Å². The van der Waals surface area contributed by atoms with Crippen molar-refractivity contribution >= 4 is 34.2 Å². The van der Waals surface area contributed by atoms with E-state index in [9.17, 15) is 4.79 Å². The van der Waals surface area contributed by atoms with E-state index in [2.05, 4.69) is 42.7 Å². The quantitative estimate of drug-likeness (QED) is 0.348. The van der Waals surface area contributed by atoms with Gasteiger partial charge in [-0.25, -0.2) is 0 Å². The first-order chi connectivity index (χ1) is 18.0. The molecule has 0 bridgehead atoms. The van der Waals surface area contributed by atoms with Gasteiger partial charge in [0.05, 0.1) is 16.7 Å². The minimum atomic E-state index is 0.0458. The zero-order valence-corrected chi connectivity index (χ0v) is 21.4. The van der Waals surface area contributed by atoms with Crippen molar-refractivity contribution < 1.29 is 9.53 Å². The third-order valence-electron chi connectivity index (χ3n) is 6.89. The fraction of sp³-hybridized carbons (Fsp3) is 0.333. The molecule has 1 aromatic carbocycles. The summed E-state index contributed by atoms with van der Waals surface area (Å²) >= 11 is 6.28. The fourth-order valence-electron chi connectivity index (χ4n) is 5.02. The molecule has 190 valence electrons. The Kier molecular flexibility index (Phi) is 6.40. The summed E-state index contributed by atoms with van der Waals surface area (Å²) in [6.45, 7) is 4.51. The molecule has 1 aliphatic rings. The van der Waals surface area contributed by atoms with Crippen molar-refractivity contribution in [2.24, 2.45) is 0 Å². The van der Waals surface area contributed by atoms with E-state index in [0.29, 0.717) is 37.7 Å². The normalized spacial score (nSPS) is 14.5. The van der Waals surface area contributed by atoms with Gasteiger partial charge in [-0.05, 0) is 61.7 Å². The van der Waals surface area contributed by atoms with Crippen LogP contribution in [0.15, 0.2) is 54.7 Å². The number of hydrogen-bond acceptors (Lipinski definition) is 5. The smallest absolute Gasteiger partial charge is 0.222 e. The van der Waals surface area contributed by atoms with Crippen LogP contribution in [0.3, 0.4) is 0 Å². The average molecular weight is 518 g/mol. The van der Waals surface area contributed by atoms with Crippen LogP contribution in [0.1, 0.15) is 30.7 Å². The van der Waals surface area contributed by atoms with Gasteiger partial charge < -0.3 is 14.6 Å². The number of carbonyl (C=O) groups excluding carboxylic acids is 1. The number of halogens is 1. The van der Waals surface area contributed by atoms with Crippen LogP contribution in [0.2, 0.25) is 5.02 Å². The number of pyridine rings is 1. The SMILES string of the molecule is Cc1nnc2ccc3c(cc(-c4ccn(CCC(=O)NC5CCOCC5)n4)n3Cc3cccc(Cl)c3)n12. The molecule has 1 aliphatic heterocycles. The first-order valence-corrected chi connectivity index (χ1v) is 12.9. The number of nitrogens with one attached hydrogen (secondary N) is 1. The summed E-state index contributed by atoms with van der Waals surface area (Å²) in [5, 5.41) is 17.2. The second-order valence-corrected chi connectivity index (χ2v) is 9.89. The summed E-state index contributed by atoms with van der Waals surface area (Å²) in [5.74, 6) is 0.873. The number of amides is 1. The second-order valence-electron chi connectivity index (χ2n) is 9.46. The van der Waals surface area contributed by atoms with Gasteiger partial charge in [0.1, 0.15) is 11.5 Å². The Morgan fingerprint density at radius 3 is 2.81 bits per heavy atom. The highest BCUT2D eigenvalue weighted by molar-refractivity contribution is 6.30. The Morgan fingerprint density at radius 1 is 1.11 bits per heavy atom. The van der Waals surface area contributed by atoms with Crippen molar-refractivity contribution in [2.45, 2.75) is 45.3 Å². The van der Waals surface area contributed by atoms with E-state index in [1.807, 2.05) is 48.1 Å². The molecule has 5 heterocycles. The molecule has 0 saturated carbocycles. The van der Waals surface area contributed by atoms with Gasteiger partial charge >= 0.3 is 0 Å². The molecule has 0 aliphatic carbocycles. The lowest BCUT2D eigenvalue weighted by Crippen LogP contribution is -2.39. The Balaban J connectivity index is 1.30. The van der Waals surface area contributed by atoms with Gasteiger partial charge in [-0.2, -0.15) is 5.10 Å². The summed E-state index contributed by atoms with van der Waals surface area (Å²) in [7, 11) is 0. The number of fused-ring (bicyclic) bond motifs is 3. The van der Waals surface area contributed by atoms with Crippen LogP contribution in [0.25, 0.3) is 28.1 Å². The Bertz CT molecular complexity index is 1580. The summed E-state index contributed by atoms with van der Waals surface area (Å²) in [4.78, 5) is 12.5.